The summed E-state index contributed by atoms with van der Waals surface area (Å²) in [6.07, 6.45) is 2.54. The number of hydrogen-bond acceptors (Lipinski definition) is 3. The van der Waals surface area contributed by atoms with Gasteiger partial charge in [0.25, 0.3) is 0 Å². The molecule has 144 valence electrons. The van der Waals surface area contributed by atoms with Crippen molar-refractivity contribution >= 4 is 11.9 Å². The number of carbonyl (C=O) groups is 1. The molecule has 1 aliphatic rings. The molecule has 1 saturated heterocycles. The Hall–Kier alpha value is -2.08. The average molecular weight is 360 g/mol. The molecular formula is C20H33N5O. The fourth-order valence-electron chi connectivity index (χ4n) is 3.17. The standard InChI is InChI=1S/C20H33N5O/c1-16(2)19(26)22-11-12-23-20(21-3)24-15-18(25-13-7-8-14-25)17-9-5-4-6-10-17/h4-6,9-10,16,18H,7-8,11-15H2,1-3H3,(H,22,26)(H2,21,23,24). The van der Waals surface area contributed by atoms with Gasteiger partial charge in [-0.25, -0.2) is 0 Å². The van der Waals surface area contributed by atoms with Crippen LogP contribution in [0.15, 0.2) is 35.3 Å². The van der Waals surface area contributed by atoms with Crippen molar-refractivity contribution in [2.45, 2.75) is 32.7 Å². The predicted molar refractivity (Wildman–Crippen MR) is 107 cm³/mol. The average Bonchev–Trinajstić information content (AvgIpc) is 3.18. The van der Waals surface area contributed by atoms with Crippen LogP contribution in [0.4, 0.5) is 0 Å². The number of likely N-dealkylation sites (tertiary alicyclic amines) is 1. The molecule has 0 spiro atoms. The van der Waals surface area contributed by atoms with Crippen molar-refractivity contribution in [2.75, 3.05) is 39.8 Å². The Kier molecular flexibility index (Phi) is 8.41. The van der Waals surface area contributed by atoms with Gasteiger partial charge in [0.2, 0.25) is 5.91 Å². The van der Waals surface area contributed by atoms with E-state index in [1.165, 1.54) is 18.4 Å². The summed E-state index contributed by atoms with van der Waals surface area (Å²) in [4.78, 5) is 18.4. The van der Waals surface area contributed by atoms with E-state index < -0.39 is 0 Å². The summed E-state index contributed by atoms with van der Waals surface area (Å²) in [6, 6.07) is 11.0. The summed E-state index contributed by atoms with van der Waals surface area (Å²) in [5, 5.41) is 9.61. The van der Waals surface area contributed by atoms with Gasteiger partial charge in [0, 0.05) is 32.6 Å². The zero-order valence-corrected chi connectivity index (χ0v) is 16.3. The second-order valence-corrected chi connectivity index (χ2v) is 7.00. The molecule has 0 bridgehead atoms. The molecule has 1 fully saturated rings. The first-order chi connectivity index (χ1) is 12.6. The summed E-state index contributed by atoms with van der Waals surface area (Å²) >= 11 is 0. The minimum atomic E-state index is 0.0135. The third-order valence-corrected chi connectivity index (χ3v) is 4.69. The number of amides is 1. The Balaban J connectivity index is 1.83. The van der Waals surface area contributed by atoms with Crippen LogP contribution in [-0.2, 0) is 4.79 Å². The van der Waals surface area contributed by atoms with Gasteiger partial charge in [-0.1, -0.05) is 44.2 Å². The number of nitrogens with zero attached hydrogens (tertiary/aromatic N) is 2. The molecule has 1 heterocycles. The van der Waals surface area contributed by atoms with Crippen LogP contribution in [0.5, 0.6) is 0 Å². The highest BCUT2D eigenvalue weighted by molar-refractivity contribution is 5.80. The van der Waals surface area contributed by atoms with Crippen LogP contribution in [0.25, 0.3) is 0 Å². The number of nitrogens with one attached hydrogen (secondary N) is 3. The molecule has 6 nitrogen and oxygen atoms in total. The van der Waals surface area contributed by atoms with E-state index in [-0.39, 0.29) is 11.8 Å². The molecule has 0 saturated carbocycles. The fourth-order valence-corrected chi connectivity index (χ4v) is 3.17. The van der Waals surface area contributed by atoms with Crippen molar-refractivity contribution in [1.82, 2.24) is 20.9 Å². The lowest BCUT2D eigenvalue weighted by molar-refractivity contribution is -0.123. The van der Waals surface area contributed by atoms with Crippen LogP contribution >= 0.6 is 0 Å². The van der Waals surface area contributed by atoms with E-state index >= 15 is 0 Å². The highest BCUT2D eigenvalue weighted by Gasteiger charge is 2.23. The Morgan fingerprint density at radius 3 is 2.35 bits per heavy atom. The molecule has 1 aromatic carbocycles. The Morgan fingerprint density at radius 2 is 1.73 bits per heavy atom. The molecule has 2 rings (SSSR count). The van der Waals surface area contributed by atoms with Gasteiger partial charge in [-0.05, 0) is 31.5 Å². The minimum Gasteiger partial charge on any atom is -0.355 e. The van der Waals surface area contributed by atoms with Gasteiger partial charge in [0.15, 0.2) is 5.96 Å². The topological polar surface area (TPSA) is 68.8 Å². The molecule has 1 aromatic rings. The zero-order valence-electron chi connectivity index (χ0n) is 16.3. The lowest BCUT2D eigenvalue weighted by Gasteiger charge is -2.29. The van der Waals surface area contributed by atoms with Crippen LogP contribution in [0.1, 0.15) is 38.3 Å². The van der Waals surface area contributed by atoms with Crippen molar-refractivity contribution < 1.29 is 4.79 Å². The summed E-state index contributed by atoms with van der Waals surface area (Å²) in [7, 11) is 1.77. The lowest BCUT2D eigenvalue weighted by atomic mass is 10.1. The van der Waals surface area contributed by atoms with Gasteiger partial charge in [0.1, 0.15) is 0 Å². The molecule has 0 aromatic heterocycles. The SMILES string of the molecule is CN=C(NCCNC(=O)C(C)C)NCC(c1ccccc1)N1CCCC1. The highest BCUT2D eigenvalue weighted by atomic mass is 16.1. The van der Waals surface area contributed by atoms with Gasteiger partial charge < -0.3 is 16.0 Å². The van der Waals surface area contributed by atoms with Crippen molar-refractivity contribution in [3.05, 3.63) is 35.9 Å². The Morgan fingerprint density at radius 1 is 1.08 bits per heavy atom. The van der Waals surface area contributed by atoms with Crippen molar-refractivity contribution in [3.8, 4) is 0 Å². The molecule has 0 aliphatic carbocycles. The maximum absolute atomic E-state index is 11.6. The summed E-state index contributed by atoms with van der Waals surface area (Å²) < 4.78 is 0. The van der Waals surface area contributed by atoms with Crippen LogP contribution in [0, 0.1) is 5.92 Å². The van der Waals surface area contributed by atoms with E-state index in [2.05, 4.69) is 56.2 Å². The van der Waals surface area contributed by atoms with Gasteiger partial charge in [-0.15, -0.1) is 0 Å². The second-order valence-electron chi connectivity index (χ2n) is 7.00. The first-order valence-electron chi connectivity index (χ1n) is 9.63. The predicted octanol–water partition coefficient (Wildman–Crippen LogP) is 1.76. The van der Waals surface area contributed by atoms with Crippen LogP contribution < -0.4 is 16.0 Å². The quantitative estimate of drug-likeness (QED) is 0.376. The van der Waals surface area contributed by atoms with Gasteiger partial charge in [-0.3, -0.25) is 14.7 Å². The summed E-state index contributed by atoms with van der Waals surface area (Å²) in [5.74, 6) is 0.858. The molecule has 6 heteroatoms. The fraction of sp³-hybridized carbons (Fsp3) is 0.600. The number of rotatable bonds is 8. The molecule has 1 aliphatic heterocycles. The maximum Gasteiger partial charge on any atom is 0.222 e. The Labute approximate surface area is 157 Å². The minimum absolute atomic E-state index is 0.0135. The zero-order chi connectivity index (χ0) is 18.8. The largest absolute Gasteiger partial charge is 0.355 e. The van der Waals surface area contributed by atoms with E-state index in [1.807, 2.05) is 13.8 Å². The molecule has 0 radical (unpaired) electrons. The second kappa shape index (κ2) is 10.8. The smallest absolute Gasteiger partial charge is 0.222 e. The van der Waals surface area contributed by atoms with E-state index in [0.717, 1.165) is 25.6 Å². The highest BCUT2D eigenvalue weighted by Crippen LogP contribution is 2.24. The normalized spacial score (nSPS) is 16.5. The monoisotopic (exact) mass is 359 g/mol. The molecule has 1 unspecified atom stereocenters. The van der Waals surface area contributed by atoms with Crippen LogP contribution in [0.3, 0.4) is 0 Å². The number of aliphatic imine (C=N–C) groups is 1. The van der Waals surface area contributed by atoms with E-state index in [4.69, 9.17) is 0 Å². The summed E-state index contributed by atoms with van der Waals surface area (Å²) in [6.45, 7) is 8.13. The molecule has 1 atom stereocenters. The van der Waals surface area contributed by atoms with E-state index in [0.29, 0.717) is 19.1 Å². The molecule has 1 amide bonds. The van der Waals surface area contributed by atoms with Crippen LogP contribution in [-0.4, -0.2) is 56.5 Å². The first-order valence-corrected chi connectivity index (χ1v) is 9.63. The maximum atomic E-state index is 11.6. The van der Waals surface area contributed by atoms with Crippen LogP contribution in [0.2, 0.25) is 0 Å². The third-order valence-electron chi connectivity index (χ3n) is 4.69. The van der Waals surface area contributed by atoms with Gasteiger partial charge in [-0.2, -0.15) is 0 Å². The Bertz CT molecular complexity index is 567. The summed E-state index contributed by atoms with van der Waals surface area (Å²) in [5.41, 5.74) is 1.33. The number of carbonyl (C=O) groups excluding carboxylic acids is 1. The van der Waals surface area contributed by atoms with Crippen molar-refractivity contribution in [1.29, 1.82) is 0 Å². The number of benzene rings is 1. The van der Waals surface area contributed by atoms with Crippen molar-refractivity contribution in [2.24, 2.45) is 10.9 Å². The molecule has 26 heavy (non-hydrogen) atoms. The third kappa shape index (κ3) is 6.33. The van der Waals surface area contributed by atoms with Gasteiger partial charge >= 0.3 is 0 Å². The lowest BCUT2D eigenvalue weighted by Crippen LogP contribution is -2.45. The van der Waals surface area contributed by atoms with E-state index in [9.17, 15) is 4.79 Å². The number of hydrogen-bond donors (Lipinski definition) is 3. The van der Waals surface area contributed by atoms with Crippen molar-refractivity contribution in [3.63, 3.8) is 0 Å². The molecular weight excluding hydrogens is 326 g/mol. The first kappa shape index (κ1) is 20.2. The molecule has 3 N–H and O–H groups in total. The number of guanidine groups is 1. The van der Waals surface area contributed by atoms with E-state index in [1.54, 1.807) is 7.05 Å². The van der Waals surface area contributed by atoms with Gasteiger partial charge in [0.05, 0.1) is 6.04 Å².